The molecule has 0 heterocycles. The Morgan fingerprint density at radius 1 is 1.56 bits per heavy atom. The van der Waals surface area contributed by atoms with Gasteiger partial charge in [-0.3, -0.25) is 10.1 Å². The van der Waals surface area contributed by atoms with Gasteiger partial charge in [-0.1, -0.05) is 17.7 Å². The van der Waals surface area contributed by atoms with E-state index in [-0.39, 0.29) is 16.3 Å². The first-order chi connectivity index (χ1) is 7.56. The van der Waals surface area contributed by atoms with Crippen LogP contribution in [0, 0.1) is 22.0 Å². The molecule has 82 valence electrons. The highest BCUT2D eigenvalue weighted by atomic mass is 35.5. The molecule has 0 aliphatic carbocycles. The molecule has 5 nitrogen and oxygen atoms in total. The van der Waals surface area contributed by atoms with Gasteiger partial charge in [-0.2, -0.15) is 0 Å². The van der Waals surface area contributed by atoms with E-state index in [2.05, 4.69) is 16.6 Å². The van der Waals surface area contributed by atoms with Gasteiger partial charge >= 0.3 is 5.97 Å². The standard InChI is InChI=1S/C10H6ClNO4/c1-16-10(13)6-5-7-8(11)3-2-4-9(7)12(14)15/h2-4H,1H3. The summed E-state index contributed by atoms with van der Waals surface area (Å²) in [5.74, 6) is 3.62. The quantitative estimate of drug-likeness (QED) is 0.324. The fraction of sp³-hybridized carbons (Fsp3) is 0.100. The highest BCUT2D eigenvalue weighted by molar-refractivity contribution is 6.32. The van der Waals surface area contributed by atoms with Gasteiger partial charge in [0.1, 0.15) is 5.56 Å². The maximum atomic E-state index is 10.8. The molecule has 1 rings (SSSR count). The van der Waals surface area contributed by atoms with E-state index in [0.29, 0.717) is 0 Å². The minimum absolute atomic E-state index is 0.000401. The lowest BCUT2D eigenvalue weighted by molar-refractivity contribution is -0.385. The van der Waals surface area contributed by atoms with Crippen LogP contribution in [0.15, 0.2) is 18.2 Å². The Labute approximate surface area is 96.1 Å². The summed E-state index contributed by atoms with van der Waals surface area (Å²) in [6, 6.07) is 4.15. The largest absolute Gasteiger partial charge is 0.459 e. The molecule has 0 aromatic heterocycles. The lowest BCUT2D eigenvalue weighted by atomic mass is 10.2. The number of carbonyl (C=O) groups excluding carboxylic acids is 1. The van der Waals surface area contributed by atoms with Crippen LogP contribution in [0.4, 0.5) is 5.69 Å². The van der Waals surface area contributed by atoms with Crippen LogP contribution < -0.4 is 0 Å². The lowest BCUT2D eigenvalue weighted by Crippen LogP contribution is -1.96. The number of rotatable bonds is 1. The van der Waals surface area contributed by atoms with Gasteiger partial charge < -0.3 is 4.74 Å². The summed E-state index contributed by atoms with van der Waals surface area (Å²) in [5.41, 5.74) is -0.247. The minimum atomic E-state index is -0.783. The minimum Gasteiger partial charge on any atom is -0.459 e. The van der Waals surface area contributed by atoms with Gasteiger partial charge in [-0.05, 0) is 12.0 Å². The van der Waals surface area contributed by atoms with Crippen LogP contribution in [-0.4, -0.2) is 18.0 Å². The summed E-state index contributed by atoms with van der Waals surface area (Å²) in [7, 11) is 1.16. The Hall–Kier alpha value is -2.06. The Kier molecular flexibility index (Phi) is 3.86. The van der Waals surface area contributed by atoms with E-state index < -0.39 is 10.9 Å². The van der Waals surface area contributed by atoms with Crippen LogP contribution in [0.3, 0.4) is 0 Å². The molecule has 0 aliphatic heterocycles. The normalized spacial score (nSPS) is 8.88. The van der Waals surface area contributed by atoms with E-state index in [4.69, 9.17) is 11.6 Å². The number of methoxy groups -OCH3 is 1. The molecular weight excluding hydrogens is 234 g/mol. The molecule has 0 amide bonds. The monoisotopic (exact) mass is 239 g/mol. The number of nitro benzene ring substituents is 1. The average Bonchev–Trinajstić information content (AvgIpc) is 2.26. The van der Waals surface area contributed by atoms with Gasteiger partial charge in [0.05, 0.1) is 17.1 Å². The Morgan fingerprint density at radius 3 is 2.81 bits per heavy atom. The summed E-state index contributed by atoms with van der Waals surface area (Å²) in [4.78, 5) is 20.8. The molecular formula is C10H6ClNO4. The van der Waals surface area contributed by atoms with Gasteiger partial charge in [0.2, 0.25) is 0 Å². The zero-order valence-corrected chi connectivity index (χ0v) is 8.95. The molecule has 1 aromatic carbocycles. The van der Waals surface area contributed by atoms with E-state index in [1.807, 2.05) is 0 Å². The first-order valence-electron chi connectivity index (χ1n) is 4.09. The number of carbonyl (C=O) groups is 1. The van der Waals surface area contributed by atoms with Gasteiger partial charge in [0.15, 0.2) is 0 Å². The summed E-state index contributed by atoms with van der Waals surface area (Å²) in [6.07, 6.45) is 0. The molecule has 6 heteroatoms. The van der Waals surface area contributed by atoms with Gasteiger partial charge in [-0.15, -0.1) is 0 Å². The van der Waals surface area contributed by atoms with Crippen molar-refractivity contribution >= 4 is 23.3 Å². The number of hydrogen-bond acceptors (Lipinski definition) is 4. The lowest BCUT2D eigenvalue weighted by Gasteiger charge is -1.97. The van der Waals surface area contributed by atoms with Crippen molar-refractivity contribution in [2.45, 2.75) is 0 Å². The van der Waals surface area contributed by atoms with Gasteiger partial charge in [0, 0.05) is 12.0 Å². The van der Waals surface area contributed by atoms with Crippen molar-refractivity contribution < 1.29 is 14.5 Å². The number of nitrogens with zero attached hydrogens (tertiary/aromatic N) is 1. The molecule has 0 radical (unpaired) electrons. The molecule has 0 spiro atoms. The highest BCUT2D eigenvalue weighted by Gasteiger charge is 2.14. The second-order valence-corrected chi connectivity index (χ2v) is 3.04. The van der Waals surface area contributed by atoms with Crippen molar-refractivity contribution in [2.75, 3.05) is 7.11 Å². The summed E-state index contributed by atoms with van der Waals surface area (Å²) < 4.78 is 4.29. The zero-order valence-electron chi connectivity index (χ0n) is 8.19. The SMILES string of the molecule is COC(=O)C#Cc1c(Cl)cccc1[N+](=O)[O-]. The first-order valence-corrected chi connectivity index (χ1v) is 4.47. The maximum absolute atomic E-state index is 10.8. The molecule has 0 saturated heterocycles. The fourth-order valence-electron chi connectivity index (χ4n) is 0.953. The smallest absolute Gasteiger partial charge is 0.384 e. The zero-order chi connectivity index (χ0) is 12.1. The van der Waals surface area contributed by atoms with Crippen molar-refractivity contribution in [3.8, 4) is 11.8 Å². The van der Waals surface area contributed by atoms with Crippen molar-refractivity contribution in [1.29, 1.82) is 0 Å². The molecule has 0 aliphatic rings. The average molecular weight is 240 g/mol. The maximum Gasteiger partial charge on any atom is 0.384 e. The van der Waals surface area contributed by atoms with E-state index >= 15 is 0 Å². The van der Waals surface area contributed by atoms with Crippen LogP contribution in [-0.2, 0) is 9.53 Å². The Balaban J connectivity index is 3.24. The van der Waals surface area contributed by atoms with Crippen molar-refractivity contribution in [2.24, 2.45) is 0 Å². The third kappa shape index (κ3) is 2.72. The van der Waals surface area contributed by atoms with Gasteiger partial charge in [0.25, 0.3) is 5.69 Å². The Bertz CT molecular complexity index is 501. The Morgan fingerprint density at radius 2 is 2.25 bits per heavy atom. The van der Waals surface area contributed by atoms with Crippen molar-refractivity contribution in [1.82, 2.24) is 0 Å². The molecule has 1 aromatic rings. The molecule has 16 heavy (non-hydrogen) atoms. The second-order valence-electron chi connectivity index (χ2n) is 2.63. The predicted octanol–water partition coefficient (Wildman–Crippen LogP) is 1.77. The summed E-state index contributed by atoms with van der Waals surface area (Å²) in [6.45, 7) is 0. The number of nitro groups is 1. The van der Waals surface area contributed by atoms with E-state index in [0.717, 1.165) is 7.11 Å². The molecule has 0 unspecified atom stereocenters. The number of benzene rings is 1. The molecule has 0 saturated carbocycles. The molecule has 0 fully saturated rings. The second kappa shape index (κ2) is 5.14. The van der Waals surface area contributed by atoms with E-state index in [1.165, 1.54) is 18.2 Å². The number of ether oxygens (including phenoxy) is 1. The highest BCUT2D eigenvalue weighted by Crippen LogP contribution is 2.24. The van der Waals surface area contributed by atoms with Crippen LogP contribution in [0.25, 0.3) is 0 Å². The molecule has 0 atom stereocenters. The van der Waals surface area contributed by atoms with Crippen LogP contribution in [0.2, 0.25) is 5.02 Å². The van der Waals surface area contributed by atoms with Gasteiger partial charge in [-0.25, -0.2) is 4.79 Å². The topological polar surface area (TPSA) is 69.4 Å². The predicted molar refractivity (Wildman–Crippen MR) is 57.0 cm³/mol. The first kappa shape index (κ1) is 12.0. The number of esters is 1. The fourth-order valence-corrected chi connectivity index (χ4v) is 1.17. The third-order valence-corrected chi connectivity index (χ3v) is 1.98. The molecule has 0 N–H and O–H groups in total. The summed E-state index contributed by atoms with van der Waals surface area (Å²) in [5, 5.41) is 10.8. The van der Waals surface area contributed by atoms with Crippen molar-refractivity contribution in [3.05, 3.63) is 38.9 Å². The van der Waals surface area contributed by atoms with Crippen LogP contribution >= 0.6 is 11.6 Å². The molecule has 0 bridgehead atoms. The number of hydrogen-bond donors (Lipinski definition) is 0. The van der Waals surface area contributed by atoms with E-state index in [1.54, 1.807) is 0 Å². The number of halogens is 1. The van der Waals surface area contributed by atoms with E-state index in [9.17, 15) is 14.9 Å². The third-order valence-electron chi connectivity index (χ3n) is 1.66. The summed E-state index contributed by atoms with van der Waals surface area (Å²) >= 11 is 5.74. The van der Waals surface area contributed by atoms with Crippen LogP contribution in [0.1, 0.15) is 5.56 Å². The van der Waals surface area contributed by atoms with Crippen LogP contribution in [0.5, 0.6) is 0 Å². The van der Waals surface area contributed by atoms with Crippen molar-refractivity contribution in [3.63, 3.8) is 0 Å².